The standard InChI is InChI=1S/C7H13NO3.ClH/c8-5-7(6(9)10)1-3-11-4-2-7;/h1-5,8H2,(H,9,10);1H. The summed E-state index contributed by atoms with van der Waals surface area (Å²) in [6.07, 6.45) is 1.08. The smallest absolute Gasteiger partial charge is 0.311 e. The highest BCUT2D eigenvalue weighted by Gasteiger charge is 2.38. The van der Waals surface area contributed by atoms with Crippen molar-refractivity contribution in [1.29, 1.82) is 0 Å². The number of halogens is 1. The largest absolute Gasteiger partial charge is 0.481 e. The van der Waals surface area contributed by atoms with Crippen LogP contribution < -0.4 is 5.73 Å². The average Bonchev–Trinajstić information content (AvgIpc) is 2.05. The van der Waals surface area contributed by atoms with Crippen LogP contribution in [0, 0.1) is 5.41 Å². The zero-order chi connectivity index (χ0) is 8.32. The lowest BCUT2D eigenvalue weighted by atomic mass is 9.80. The van der Waals surface area contributed by atoms with Crippen molar-refractivity contribution in [1.82, 2.24) is 0 Å². The first-order chi connectivity index (χ1) is 5.21. The fourth-order valence-corrected chi connectivity index (χ4v) is 1.27. The summed E-state index contributed by atoms with van der Waals surface area (Å²) in [6, 6.07) is 0. The lowest BCUT2D eigenvalue weighted by Crippen LogP contribution is -2.43. The number of carboxylic acids is 1. The molecular formula is C7H14ClNO3. The minimum atomic E-state index is -0.789. The first-order valence-corrected chi connectivity index (χ1v) is 3.72. The highest BCUT2D eigenvalue weighted by atomic mass is 35.5. The number of hydrogen-bond donors (Lipinski definition) is 2. The molecule has 0 radical (unpaired) electrons. The van der Waals surface area contributed by atoms with Crippen molar-refractivity contribution in [2.24, 2.45) is 11.1 Å². The van der Waals surface area contributed by atoms with Crippen LogP contribution in [0.3, 0.4) is 0 Å². The van der Waals surface area contributed by atoms with Gasteiger partial charge in [-0.15, -0.1) is 12.4 Å². The molecule has 0 unspecified atom stereocenters. The van der Waals surface area contributed by atoms with Gasteiger partial charge >= 0.3 is 5.97 Å². The van der Waals surface area contributed by atoms with Gasteiger partial charge < -0.3 is 15.6 Å². The summed E-state index contributed by atoms with van der Waals surface area (Å²) in [7, 11) is 0. The van der Waals surface area contributed by atoms with Crippen molar-refractivity contribution < 1.29 is 14.6 Å². The van der Waals surface area contributed by atoms with Gasteiger partial charge in [0.2, 0.25) is 0 Å². The van der Waals surface area contributed by atoms with E-state index in [2.05, 4.69) is 0 Å². The Kier molecular flexibility index (Phi) is 4.52. The van der Waals surface area contributed by atoms with Gasteiger partial charge in [0.25, 0.3) is 0 Å². The quantitative estimate of drug-likeness (QED) is 0.663. The molecule has 1 saturated heterocycles. The SMILES string of the molecule is Cl.NCC1(C(=O)O)CCOCC1. The molecule has 0 bridgehead atoms. The van der Waals surface area contributed by atoms with E-state index in [0.717, 1.165) is 0 Å². The predicted molar refractivity (Wildman–Crippen MR) is 46.4 cm³/mol. The summed E-state index contributed by atoms with van der Waals surface area (Å²) in [6.45, 7) is 1.25. The van der Waals surface area contributed by atoms with E-state index in [-0.39, 0.29) is 19.0 Å². The third-order valence-corrected chi connectivity index (χ3v) is 2.29. The Morgan fingerprint density at radius 1 is 1.50 bits per heavy atom. The molecule has 1 heterocycles. The van der Waals surface area contributed by atoms with Crippen molar-refractivity contribution in [3.63, 3.8) is 0 Å². The summed E-state index contributed by atoms with van der Waals surface area (Å²) in [5.41, 5.74) is 4.69. The van der Waals surface area contributed by atoms with E-state index in [9.17, 15) is 4.79 Å². The molecule has 0 aliphatic carbocycles. The predicted octanol–water partition coefficient (Wildman–Crippen LogP) is 0.248. The minimum Gasteiger partial charge on any atom is -0.481 e. The summed E-state index contributed by atoms with van der Waals surface area (Å²) in [4.78, 5) is 10.8. The molecule has 5 heteroatoms. The molecule has 0 saturated carbocycles. The van der Waals surface area contributed by atoms with E-state index in [4.69, 9.17) is 15.6 Å². The van der Waals surface area contributed by atoms with Crippen LogP contribution in [0.5, 0.6) is 0 Å². The van der Waals surface area contributed by atoms with E-state index >= 15 is 0 Å². The van der Waals surface area contributed by atoms with Crippen molar-refractivity contribution in [2.45, 2.75) is 12.8 Å². The third kappa shape index (κ3) is 2.09. The van der Waals surface area contributed by atoms with E-state index in [1.54, 1.807) is 0 Å². The maximum Gasteiger partial charge on any atom is 0.311 e. The molecular weight excluding hydrogens is 182 g/mol. The molecule has 3 N–H and O–H groups in total. The van der Waals surface area contributed by atoms with Gasteiger partial charge in [-0.25, -0.2) is 0 Å². The lowest BCUT2D eigenvalue weighted by Gasteiger charge is -2.31. The first kappa shape index (κ1) is 11.7. The van der Waals surface area contributed by atoms with Crippen LogP contribution in [0.4, 0.5) is 0 Å². The van der Waals surface area contributed by atoms with Gasteiger partial charge in [0, 0.05) is 19.8 Å². The molecule has 0 aromatic rings. The van der Waals surface area contributed by atoms with Crippen LogP contribution in [0.25, 0.3) is 0 Å². The first-order valence-electron chi connectivity index (χ1n) is 3.72. The second-order valence-corrected chi connectivity index (χ2v) is 2.90. The summed E-state index contributed by atoms with van der Waals surface area (Å²) in [5.74, 6) is -0.789. The van der Waals surface area contributed by atoms with Gasteiger partial charge in [-0.2, -0.15) is 0 Å². The van der Waals surface area contributed by atoms with Crippen LogP contribution >= 0.6 is 12.4 Å². The van der Waals surface area contributed by atoms with Crippen molar-refractivity contribution >= 4 is 18.4 Å². The second kappa shape index (κ2) is 4.64. The molecule has 0 atom stereocenters. The van der Waals surface area contributed by atoms with Gasteiger partial charge in [0.15, 0.2) is 0 Å². The van der Waals surface area contributed by atoms with Crippen molar-refractivity contribution in [2.75, 3.05) is 19.8 Å². The van der Waals surface area contributed by atoms with Crippen LogP contribution in [-0.4, -0.2) is 30.8 Å². The molecule has 12 heavy (non-hydrogen) atoms. The molecule has 1 rings (SSSR count). The molecule has 1 aliphatic rings. The van der Waals surface area contributed by atoms with Crippen LogP contribution in [0.1, 0.15) is 12.8 Å². The molecule has 0 aromatic heterocycles. The topological polar surface area (TPSA) is 72.6 Å². The average molecular weight is 196 g/mol. The highest BCUT2D eigenvalue weighted by Crippen LogP contribution is 2.29. The lowest BCUT2D eigenvalue weighted by molar-refractivity contribution is -0.153. The molecule has 1 fully saturated rings. The number of ether oxygens (including phenoxy) is 1. The van der Waals surface area contributed by atoms with Crippen LogP contribution in [0.15, 0.2) is 0 Å². The summed E-state index contributed by atoms with van der Waals surface area (Å²) < 4.78 is 5.06. The molecule has 0 amide bonds. The maximum atomic E-state index is 10.8. The molecule has 4 nitrogen and oxygen atoms in total. The maximum absolute atomic E-state index is 10.8. The summed E-state index contributed by atoms with van der Waals surface area (Å²) in [5, 5.41) is 8.85. The zero-order valence-corrected chi connectivity index (χ0v) is 7.60. The Morgan fingerprint density at radius 3 is 2.25 bits per heavy atom. The Labute approximate surface area is 77.5 Å². The minimum absolute atomic E-state index is 0. The number of nitrogens with two attached hydrogens (primary N) is 1. The van der Waals surface area contributed by atoms with Crippen molar-refractivity contribution in [3.8, 4) is 0 Å². The van der Waals surface area contributed by atoms with Gasteiger partial charge in [0.1, 0.15) is 0 Å². The number of carbonyl (C=O) groups is 1. The monoisotopic (exact) mass is 195 g/mol. The molecule has 72 valence electrons. The third-order valence-electron chi connectivity index (χ3n) is 2.29. The van der Waals surface area contributed by atoms with E-state index in [1.165, 1.54) is 0 Å². The van der Waals surface area contributed by atoms with E-state index in [0.29, 0.717) is 26.1 Å². The van der Waals surface area contributed by atoms with Crippen molar-refractivity contribution in [3.05, 3.63) is 0 Å². The van der Waals surface area contributed by atoms with Gasteiger partial charge in [-0.05, 0) is 12.8 Å². The summed E-state index contributed by atoms with van der Waals surface area (Å²) >= 11 is 0. The fraction of sp³-hybridized carbons (Fsp3) is 0.857. The van der Waals surface area contributed by atoms with E-state index < -0.39 is 11.4 Å². The van der Waals surface area contributed by atoms with Gasteiger partial charge in [-0.3, -0.25) is 4.79 Å². The van der Waals surface area contributed by atoms with Gasteiger partial charge in [0.05, 0.1) is 5.41 Å². The number of rotatable bonds is 2. The second-order valence-electron chi connectivity index (χ2n) is 2.90. The Balaban J connectivity index is 0.00000121. The normalized spacial score (nSPS) is 21.1. The number of aliphatic carboxylic acids is 1. The van der Waals surface area contributed by atoms with E-state index in [1.807, 2.05) is 0 Å². The van der Waals surface area contributed by atoms with Crippen LogP contribution in [0.2, 0.25) is 0 Å². The Morgan fingerprint density at radius 2 is 2.00 bits per heavy atom. The zero-order valence-electron chi connectivity index (χ0n) is 6.78. The Hall–Kier alpha value is -0.320. The fourth-order valence-electron chi connectivity index (χ4n) is 1.27. The molecule has 0 aromatic carbocycles. The highest BCUT2D eigenvalue weighted by molar-refractivity contribution is 5.85. The molecule has 0 spiro atoms. The number of carboxylic acid groups (broad SMARTS) is 1. The number of hydrogen-bond acceptors (Lipinski definition) is 3. The van der Waals surface area contributed by atoms with Gasteiger partial charge in [-0.1, -0.05) is 0 Å². The Bertz CT molecular complexity index is 157. The van der Waals surface area contributed by atoms with Crippen LogP contribution in [-0.2, 0) is 9.53 Å². The molecule has 1 aliphatic heterocycles.